The quantitative estimate of drug-likeness (QED) is 0.588. The van der Waals surface area contributed by atoms with Gasteiger partial charge in [0.15, 0.2) is 0 Å². The Kier molecular flexibility index (Phi) is 7.08. The fraction of sp³-hybridized carbons (Fsp3) is 0.385. The van der Waals surface area contributed by atoms with Gasteiger partial charge in [0.25, 0.3) is 0 Å². The van der Waals surface area contributed by atoms with Crippen LogP contribution in [0, 0.1) is 5.82 Å². The van der Waals surface area contributed by atoms with Crippen LogP contribution < -0.4 is 5.32 Å². The van der Waals surface area contributed by atoms with Gasteiger partial charge in [-0.3, -0.25) is 0 Å². The van der Waals surface area contributed by atoms with Crippen LogP contribution in [0.25, 0.3) is 0 Å². The van der Waals surface area contributed by atoms with Gasteiger partial charge in [0.05, 0.1) is 17.7 Å². The first-order valence-corrected chi connectivity index (χ1v) is 6.37. The number of nitrogens with one attached hydrogen (secondary N) is 1. The van der Waals surface area contributed by atoms with Gasteiger partial charge in [0.2, 0.25) is 0 Å². The summed E-state index contributed by atoms with van der Waals surface area (Å²) >= 11 is 3.23. The highest BCUT2D eigenvalue weighted by atomic mass is 79.9. The van der Waals surface area contributed by atoms with Crippen LogP contribution in [-0.4, -0.2) is 19.8 Å². The molecule has 0 bridgehead atoms. The Morgan fingerprint density at radius 2 is 2.24 bits per heavy atom. The smallest absolute Gasteiger partial charge is 0.137 e. The molecule has 94 valence electrons. The maximum atomic E-state index is 13.2. The minimum Gasteiger partial charge on any atom is -0.380 e. The van der Waals surface area contributed by atoms with Crippen LogP contribution in [0.3, 0.4) is 0 Å². The standard InChI is InChI=1S/C13H17BrFNO/c1-2-3-8-17-9-7-16-10-11-5-4-6-12(15)13(11)14/h2,4-6,16H,1,3,7-10H2. The summed E-state index contributed by atoms with van der Waals surface area (Å²) in [6.07, 6.45) is 2.70. The van der Waals surface area contributed by atoms with Crippen LogP contribution in [0.4, 0.5) is 4.39 Å². The van der Waals surface area contributed by atoms with Gasteiger partial charge in [-0.05, 0) is 34.0 Å². The Morgan fingerprint density at radius 1 is 1.41 bits per heavy atom. The summed E-state index contributed by atoms with van der Waals surface area (Å²) < 4.78 is 19.1. The molecule has 0 saturated carbocycles. The predicted molar refractivity (Wildman–Crippen MR) is 71.4 cm³/mol. The molecule has 0 aliphatic rings. The number of ether oxygens (including phenoxy) is 1. The molecule has 1 N–H and O–H groups in total. The Bertz CT molecular complexity index is 357. The third-order valence-electron chi connectivity index (χ3n) is 2.24. The molecule has 1 aromatic rings. The molecule has 0 radical (unpaired) electrons. The van der Waals surface area contributed by atoms with E-state index < -0.39 is 0 Å². The summed E-state index contributed by atoms with van der Waals surface area (Å²) in [6.45, 7) is 6.35. The van der Waals surface area contributed by atoms with Crippen LogP contribution in [0.15, 0.2) is 35.3 Å². The molecular formula is C13H17BrFNO. The van der Waals surface area contributed by atoms with Crippen molar-refractivity contribution in [3.8, 4) is 0 Å². The van der Waals surface area contributed by atoms with Gasteiger partial charge >= 0.3 is 0 Å². The van der Waals surface area contributed by atoms with Crippen molar-refractivity contribution in [3.05, 3.63) is 46.7 Å². The molecule has 0 amide bonds. The van der Waals surface area contributed by atoms with E-state index in [1.54, 1.807) is 6.07 Å². The molecule has 0 unspecified atom stereocenters. The lowest BCUT2D eigenvalue weighted by atomic mass is 10.2. The van der Waals surface area contributed by atoms with Gasteiger partial charge in [0.1, 0.15) is 5.82 Å². The number of rotatable bonds is 8. The highest BCUT2D eigenvalue weighted by Gasteiger charge is 2.03. The SMILES string of the molecule is C=CCCOCCNCc1cccc(F)c1Br. The topological polar surface area (TPSA) is 21.3 Å². The molecule has 17 heavy (non-hydrogen) atoms. The molecule has 0 fully saturated rings. The lowest BCUT2D eigenvalue weighted by Crippen LogP contribution is -2.19. The van der Waals surface area contributed by atoms with E-state index in [1.807, 2.05) is 12.1 Å². The summed E-state index contributed by atoms with van der Waals surface area (Å²) in [5, 5.41) is 3.20. The molecule has 4 heteroatoms. The number of hydrogen-bond donors (Lipinski definition) is 1. The molecule has 0 aliphatic carbocycles. The van der Waals surface area contributed by atoms with E-state index in [-0.39, 0.29) is 5.82 Å². The zero-order valence-electron chi connectivity index (χ0n) is 9.72. The van der Waals surface area contributed by atoms with E-state index in [9.17, 15) is 4.39 Å². The van der Waals surface area contributed by atoms with Gasteiger partial charge in [0, 0.05) is 13.1 Å². The van der Waals surface area contributed by atoms with Crippen molar-refractivity contribution >= 4 is 15.9 Å². The first-order chi connectivity index (χ1) is 8.25. The molecule has 0 spiro atoms. The largest absolute Gasteiger partial charge is 0.380 e. The van der Waals surface area contributed by atoms with Crippen molar-refractivity contribution in [2.24, 2.45) is 0 Å². The molecule has 0 aliphatic heterocycles. The van der Waals surface area contributed by atoms with Gasteiger partial charge in [-0.15, -0.1) is 6.58 Å². The molecule has 2 nitrogen and oxygen atoms in total. The molecule has 0 atom stereocenters. The lowest BCUT2D eigenvalue weighted by Gasteiger charge is -2.07. The molecular weight excluding hydrogens is 285 g/mol. The fourth-order valence-electron chi connectivity index (χ4n) is 1.32. The molecule has 1 aromatic carbocycles. The van der Waals surface area contributed by atoms with Crippen molar-refractivity contribution in [2.75, 3.05) is 19.8 Å². The predicted octanol–water partition coefficient (Wildman–Crippen LogP) is 3.27. The lowest BCUT2D eigenvalue weighted by molar-refractivity contribution is 0.140. The third kappa shape index (κ3) is 5.44. The molecule has 0 aromatic heterocycles. The third-order valence-corrected chi connectivity index (χ3v) is 3.12. The van der Waals surface area contributed by atoms with Crippen LogP contribution in [0.1, 0.15) is 12.0 Å². The minimum atomic E-state index is -0.230. The highest BCUT2D eigenvalue weighted by Crippen LogP contribution is 2.19. The monoisotopic (exact) mass is 301 g/mol. The van der Waals surface area contributed by atoms with Crippen molar-refractivity contribution < 1.29 is 9.13 Å². The number of halogens is 2. The normalized spacial score (nSPS) is 10.5. The summed E-state index contributed by atoms with van der Waals surface area (Å²) in [7, 11) is 0. The van der Waals surface area contributed by atoms with Crippen LogP contribution in [-0.2, 0) is 11.3 Å². The zero-order chi connectivity index (χ0) is 12.5. The molecule has 0 heterocycles. The van der Waals surface area contributed by atoms with E-state index in [0.29, 0.717) is 24.2 Å². The summed E-state index contributed by atoms with van der Waals surface area (Å²) in [6, 6.07) is 5.03. The van der Waals surface area contributed by atoms with Crippen molar-refractivity contribution in [3.63, 3.8) is 0 Å². The molecule has 0 saturated heterocycles. The Labute approximate surface area is 110 Å². The summed E-state index contributed by atoms with van der Waals surface area (Å²) in [5.41, 5.74) is 0.913. The van der Waals surface area contributed by atoms with E-state index >= 15 is 0 Å². The van der Waals surface area contributed by atoms with Crippen LogP contribution in [0.2, 0.25) is 0 Å². The Morgan fingerprint density at radius 3 is 3.00 bits per heavy atom. The fourth-order valence-corrected chi connectivity index (χ4v) is 1.73. The first kappa shape index (κ1) is 14.4. The average molecular weight is 302 g/mol. The van der Waals surface area contributed by atoms with Crippen molar-refractivity contribution in [1.82, 2.24) is 5.32 Å². The van der Waals surface area contributed by atoms with E-state index in [0.717, 1.165) is 18.5 Å². The first-order valence-electron chi connectivity index (χ1n) is 5.58. The summed E-state index contributed by atoms with van der Waals surface area (Å²) in [4.78, 5) is 0. The second-order valence-corrected chi connectivity index (χ2v) is 4.37. The van der Waals surface area contributed by atoms with Gasteiger partial charge in [-0.1, -0.05) is 18.2 Å². The van der Waals surface area contributed by atoms with E-state index in [2.05, 4.69) is 27.8 Å². The number of hydrogen-bond acceptors (Lipinski definition) is 2. The molecule has 1 rings (SSSR count). The maximum absolute atomic E-state index is 13.2. The van der Waals surface area contributed by atoms with E-state index in [4.69, 9.17) is 4.74 Å². The van der Waals surface area contributed by atoms with Gasteiger partial charge < -0.3 is 10.1 Å². The van der Waals surface area contributed by atoms with Gasteiger partial charge in [-0.25, -0.2) is 4.39 Å². The second kappa shape index (κ2) is 8.39. The summed E-state index contributed by atoms with van der Waals surface area (Å²) in [5.74, 6) is -0.230. The average Bonchev–Trinajstić information content (AvgIpc) is 2.33. The zero-order valence-corrected chi connectivity index (χ0v) is 11.3. The van der Waals surface area contributed by atoms with Gasteiger partial charge in [-0.2, -0.15) is 0 Å². The minimum absolute atomic E-state index is 0.230. The second-order valence-electron chi connectivity index (χ2n) is 3.58. The highest BCUT2D eigenvalue weighted by molar-refractivity contribution is 9.10. The van der Waals surface area contributed by atoms with Crippen LogP contribution >= 0.6 is 15.9 Å². The maximum Gasteiger partial charge on any atom is 0.137 e. The van der Waals surface area contributed by atoms with Crippen molar-refractivity contribution in [2.45, 2.75) is 13.0 Å². The van der Waals surface area contributed by atoms with Crippen molar-refractivity contribution in [1.29, 1.82) is 0 Å². The number of benzene rings is 1. The Balaban J connectivity index is 2.18. The van der Waals surface area contributed by atoms with E-state index in [1.165, 1.54) is 6.07 Å². The Hall–Kier alpha value is -0.710. The van der Waals surface area contributed by atoms with Crippen LogP contribution in [0.5, 0.6) is 0 Å².